The SMILES string of the molecule is ClC(Cl)(Cl)C[C@@H]1CO1. The van der Waals surface area contributed by atoms with Gasteiger partial charge in [-0.1, -0.05) is 34.8 Å². The molecule has 0 N–H and O–H groups in total. The summed E-state index contributed by atoms with van der Waals surface area (Å²) in [4.78, 5) is 0. The largest absolute Gasteiger partial charge is 0.373 e. The van der Waals surface area contributed by atoms with Crippen molar-refractivity contribution in [1.82, 2.24) is 0 Å². The second-order valence-corrected chi connectivity index (χ2v) is 4.29. The second kappa shape index (κ2) is 2.22. The fourth-order valence-corrected chi connectivity index (χ4v) is 0.960. The van der Waals surface area contributed by atoms with E-state index < -0.39 is 3.79 Å². The van der Waals surface area contributed by atoms with Crippen LogP contribution in [0.25, 0.3) is 0 Å². The lowest BCUT2D eigenvalue weighted by molar-refractivity contribution is 0.398. The van der Waals surface area contributed by atoms with Crippen LogP contribution >= 0.6 is 34.8 Å². The molecule has 0 spiro atoms. The molecular formula is C4H5Cl3O. The standard InChI is InChI=1S/C4H5Cl3O/c5-4(6,7)1-3-2-8-3/h3H,1-2H2/t3-/m1/s1. The van der Waals surface area contributed by atoms with E-state index in [1.165, 1.54) is 0 Å². The lowest BCUT2D eigenvalue weighted by atomic mass is 10.4. The maximum absolute atomic E-state index is 5.42. The Balaban J connectivity index is 2.16. The molecule has 0 amide bonds. The van der Waals surface area contributed by atoms with Gasteiger partial charge in [-0.2, -0.15) is 0 Å². The zero-order valence-corrected chi connectivity index (χ0v) is 6.30. The smallest absolute Gasteiger partial charge is 0.193 e. The number of halogens is 3. The van der Waals surface area contributed by atoms with Crippen molar-refractivity contribution >= 4 is 34.8 Å². The van der Waals surface area contributed by atoms with Crippen LogP contribution in [0.4, 0.5) is 0 Å². The molecule has 1 heterocycles. The fraction of sp³-hybridized carbons (Fsp3) is 1.00. The highest BCUT2D eigenvalue weighted by atomic mass is 35.6. The first-order chi connectivity index (χ1) is 3.58. The molecule has 0 saturated carbocycles. The van der Waals surface area contributed by atoms with Crippen LogP contribution in [0.15, 0.2) is 0 Å². The highest BCUT2D eigenvalue weighted by Gasteiger charge is 2.32. The van der Waals surface area contributed by atoms with Crippen molar-refractivity contribution in [3.63, 3.8) is 0 Å². The summed E-state index contributed by atoms with van der Waals surface area (Å²) >= 11 is 16.3. The molecule has 4 heteroatoms. The van der Waals surface area contributed by atoms with Gasteiger partial charge in [0.15, 0.2) is 3.79 Å². The molecule has 0 aromatic rings. The Kier molecular flexibility index (Phi) is 1.93. The van der Waals surface area contributed by atoms with E-state index in [1.54, 1.807) is 0 Å². The minimum atomic E-state index is -1.12. The van der Waals surface area contributed by atoms with Crippen molar-refractivity contribution < 1.29 is 4.74 Å². The summed E-state index contributed by atoms with van der Waals surface area (Å²) in [5.41, 5.74) is 0. The van der Waals surface area contributed by atoms with Crippen molar-refractivity contribution in [2.75, 3.05) is 6.61 Å². The first-order valence-electron chi connectivity index (χ1n) is 2.26. The first-order valence-corrected chi connectivity index (χ1v) is 3.40. The Labute approximate surface area is 62.9 Å². The molecule has 1 aliphatic rings. The number of alkyl halides is 3. The van der Waals surface area contributed by atoms with Gasteiger partial charge in [0, 0.05) is 6.42 Å². The summed E-state index contributed by atoms with van der Waals surface area (Å²) in [6.07, 6.45) is 0.708. The van der Waals surface area contributed by atoms with Crippen molar-refractivity contribution in [3.8, 4) is 0 Å². The summed E-state index contributed by atoms with van der Waals surface area (Å²) < 4.78 is 3.71. The van der Waals surface area contributed by atoms with E-state index >= 15 is 0 Å². The van der Waals surface area contributed by atoms with Crippen molar-refractivity contribution in [2.45, 2.75) is 16.3 Å². The third-order valence-corrected chi connectivity index (χ3v) is 1.32. The van der Waals surface area contributed by atoms with Gasteiger partial charge in [0.25, 0.3) is 0 Å². The fourth-order valence-electron chi connectivity index (χ4n) is 0.444. The van der Waals surface area contributed by atoms with Crippen LogP contribution in [-0.4, -0.2) is 16.5 Å². The molecule has 0 unspecified atom stereocenters. The monoisotopic (exact) mass is 174 g/mol. The predicted octanol–water partition coefficient (Wildman–Crippen LogP) is 2.15. The van der Waals surface area contributed by atoms with E-state index in [-0.39, 0.29) is 6.10 Å². The molecule has 1 saturated heterocycles. The maximum atomic E-state index is 5.42. The summed E-state index contributed by atoms with van der Waals surface area (Å²) in [7, 11) is 0. The van der Waals surface area contributed by atoms with Crippen molar-refractivity contribution in [1.29, 1.82) is 0 Å². The quantitative estimate of drug-likeness (QED) is 0.439. The van der Waals surface area contributed by atoms with Gasteiger partial charge in [-0.25, -0.2) is 0 Å². The molecule has 0 bridgehead atoms. The Morgan fingerprint density at radius 3 is 2.12 bits per heavy atom. The highest BCUT2D eigenvalue weighted by Crippen LogP contribution is 2.35. The maximum Gasteiger partial charge on any atom is 0.193 e. The molecule has 0 aromatic heterocycles. The van der Waals surface area contributed by atoms with Gasteiger partial charge in [0.1, 0.15) is 0 Å². The molecule has 8 heavy (non-hydrogen) atoms. The zero-order chi connectivity index (χ0) is 6.20. The van der Waals surface area contributed by atoms with Crippen LogP contribution in [0.5, 0.6) is 0 Å². The van der Waals surface area contributed by atoms with E-state index in [1.807, 2.05) is 0 Å². The van der Waals surface area contributed by atoms with Gasteiger partial charge in [-0.15, -0.1) is 0 Å². The number of ether oxygens (including phenoxy) is 1. The molecule has 1 atom stereocenters. The van der Waals surface area contributed by atoms with Crippen LogP contribution in [-0.2, 0) is 4.74 Å². The van der Waals surface area contributed by atoms with Crippen LogP contribution in [0.1, 0.15) is 6.42 Å². The summed E-state index contributed by atoms with van der Waals surface area (Å²) in [6.45, 7) is 0.744. The number of rotatable bonds is 1. The van der Waals surface area contributed by atoms with E-state index in [4.69, 9.17) is 39.5 Å². The molecule has 1 rings (SSSR count). The van der Waals surface area contributed by atoms with Crippen LogP contribution < -0.4 is 0 Å². The molecule has 0 aliphatic carbocycles. The van der Waals surface area contributed by atoms with E-state index in [0.29, 0.717) is 6.42 Å². The lowest BCUT2D eigenvalue weighted by Gasteiger charge is -2.05. The molecular weight excluding hydrogens is 170 g/mol. The number of hydrogen-bond donors (Lipinski definition) is 0. The third kappa shape index (κ3) is 2.98. The lowest BCUT2D eigenvalue weighted by Crippen LogP contribution is -2.05. The van der Waals surface area contributed by atoms with Gasteiger partial charge < -0.3 is 4.74 Å². The van der Waals surface area contributed by atoms with E-state index in [0.717, 1.165) is 6.61 Å². The average molecular weight is 175 g/mol. The molecule has 1 fully saturated rings. The van der Waals surface area contributed by atoms with Gasteiger partial charge in [0.05, 0.1) is 12.7 Å². The Bertz CT molecular complexity index is 83.8. The van der Waals surface area contributed by atoms with E-state index in [9.17, 15) is 0 Å². The predicted molar refractivity (Wildman–Crippen MR) is 34.6 cm³/mol. The zero-order valence-electron chi connectivity index (χ0n) is 4.03. The third-order valence-electron chi connectivity index (χ3n) is 0.861. The second-order valence-electron chi connectivity index (χ2n) is 1.77. The van der Waals surface area contributed by atoms with Crippen LogP contribution in [0.3, 0.4) is 0 Å². The highest BCUT2D eigenvalue weighted by molar-refractivity contribution is 6.67. The molecule has 0 radical (unpaired) electrons. The average Bonchev–Trinajstić information content (AvgIpc) is 2.12. The molecule has 1 aliphatic heterocycles. The summed E-state index contributed by atoms with van der Waals surface area (Å²) in [5, 5.41) is 0. The van der Waals surface area contributed by atoms with Gasteiger partial charge in [0.2, 0.25) is 0 Å². The Hall–Kier alpha value is 0.830. The minimum absolute atomic E-state index is 0.197. The Morgan fingerprint density at radius 2 is 2.00 bits per heavy atom. The molecule has 0 aromatic carbocycles. The molecule has 48 valence electrons. The normalized spacial score (nSPS) is 28.1. The van der Waals surface area contributed by atoms with Crippen LogP contribution in [0.2, 0.25) is 0 Å². The number of epoxide rings is 1. The number of hydrogen-bond acceptors (Lipinski definition) is 1. The van der Waals surface area contributed by atoms with E-state index in [2.05, 4.69) is 0 Å². The van der Waals surface area contributed by atoms with Crippen molar-refractivity contribution in [2.24, 2.45) is 0 Å². The topological polar surface area (TPSA) is 12.5 Å². The Morgan fingerprint density at radius 1 is 1.50 bits per heavy atom. The van der Waals surface area contributed by atoms with Gasteiger partial charge in [-0.05, 0) is 0 Å². The van der Waals surface area contributed by atoms with Gasteiger partial charge in [-0.3, -0.25) is 0 Å². The first kappa shape index (κ1) is 6.94. The van der Waals surface area contributed by atoms with Crippen LogP contribution in [0, 0.1) is 0 Å². The van der Waals surface area contributed by atoms with Crippen molar-refractivity contribution in [3.05, 3.63) is 0 Å². The van der Waals surface area contributed by atoms with Gasteiger partial charge >= 0.3 is 0 Å². The summed E-state index contributed by atoms with van der Waals surface area (Å²) in [5.74, 6) is 0. The minimum Gasteiger partial charge on any atom is -0.373 e. The summed E-state index contributed by atoms with van der Waals surface area (Å²) in [6, 6.07) is 0. The molecule has 1 nitrogen and oxygen atoms in total.